The minimum Gasteiger partial charge on any atom is -0.308 e. The largest absolute Gasteiger partial charge is 0.308 e. The Morgan fingerprint density at radius 2 is 2.31 bits per heavy atom. The monoisotopic (exact) mass is 254 g/mol. The first-order valence-corrected chi connectivity index (χ1v) is 6.92. The summed E-state index contributed by atoms with van der Waals surface area (Å²) in [5.41, 5.74) is 2.10. The number of nitrogens with zero attached hydrogens (tertiary/aromatic N) is 3. The highest BCUT2D eigenvalue weighted by Crippen LogP contribution is 2.19. The van der Waals surface area contributed by atoms with Crippen molar-refractivity contribution in [2.24, 2.45) is 0 Å². The summed E-state index contributed by atoms with van der Waals surface area (Å²) in [6, 6.07) is 0.231. The summed E-state index contributed by atoms with van der Waals surface area (Å²) in [7, 11) is 0. The van der Waals surface area contributed by atoms with Crippen molar-refractivity contribution >= 4 is 22.9 Å². The lowest BCUT2D eigenvalue weighted by Gasteiger charge is -2.13. The molecule has 1 atom stereocenters. The molecule has 0 fully saturated rings. The molecule has 0 radical (unpaired) electrons. The Hall–Kier alpha value is -0.850. The van der Waals surface area contributed by atoms with Crippen LogP contribution in [0, 0.1) is 6.92 Å². The predicted octanol–water partition coefficient (Wildman–Crippen LogP) is 2.20. The Morgan fingerprint density at radius 3 is 2.88 bits per heavy atom. The van der Waals surface area contributed by atoms with Crippen LogP contribution in [0.1, 0.15) is 29.4 Å². The number of hydrogen-bond donors (Lipinski definition) is 1. The van der Waals surface area contributed by atoms with E-state index in [-0.39, 0.29) is 6.04 Å². The minimum absolute atomic E-state index is 0.231. The summed E-state index contributed by atoms with van der Waals surface area (Å²) >= 11 is 3.10. The van der Waals surface area contributed by atoms with Crippen LogP contribution in [0.5, 0.6) is 0 Å². The Bertz CT molecular complexity index is 424. The molecule has 0 bridgehead atoms. The van der Waals surface area contributed by atoms with Gasteiger partial charge in [-0.2, -0.15) is 0 Å². The van der Waals surface area contributed by atoms with Crippen molar-refractivity contribution in [3.63, 3.8) is 0 Å². The fraction of sp³-hybridized carbons (Fsp3) is 0.500. The molecule has 6 heteroatoms. The van der Waals surface area contributed by atoms with Gasteiger partial charge in [-0.3, -0.25) is 0 Å². The molecule has 2 aromatic heterocycles. The van der Waals surface area contributed by atoms with Crippen molar-refractivity contribution in [2.45, 2.75) is 26.3 Å². The Kier molecular flexibility index (Phi) is 3.98. The number of nitrogens with one attached hydrogen (secondary N) is 1. The summed E-state index contributed by atoms with van der Waals surface area (Å²) in [5.74, 6) is 0. The van der Waals surface area contributed by atoms with E-state index >= 15 is 0 Å². The fourth-order valence-electron chi connectivity index (χ4n) is 1.52. The van der Waals surface area contributed by atoms with Gasteiger partial charge in [-0.1, -0.05) is 11.4 Å². The third-order valence-corrected chi connectivity index (χ3v) is 3.74. The number of likely N-dealkylation sites (N-methyl/N-ethyl adjacent to an activating group) is 1. The number of aryl methyl sites for hydroxylation is 1. The van der Waals surface area contributed by atoms with Gasteiger partial charge < -0.3 is 5.32 Å². The standard InChI is InChI=1S/C10H14N4S2/c1-3-11-8(9-6-16-14-13-9)4-10-12-7(2)5-15-10/h5-6,8,11H,3-4H2,1-2H3. The van der Waals surface area contributed by atoms with Crippen molar-refractivity contribution in [3.05, 3.63) is 27.2 Å². The number of hydrogen-bond acceptors (Lipinski definition) is 6. The Labute approximate surface area is 103 Å². The van der Waals surface area contributed by atoms with E-state index in [0.717, 1.165) is 29.4 Å². The van der Waals surface area contributed by atoms with Crippen molar-refractivity contribution in [1.29, 1.82) is 0 Å². The molecule has 0 aliphatic rings. The van der Waals surface area contributed by atoms with E-state index in [9.17, 15) is 0 Å². The maximum Gasteiger partial charge on any atom is 0.0947 e. The second-order valence-electron chi connectivity index (χ2n) is 3.53. The third kappa shape index (κ3) is 2.84. The molecule has 2 rings (SSSR count). The zero-order valence-corrected chi connectivity index (χ0v) is 10.9. The zero-order valence-electron chi connectivity index (χ0n) is 9.30. The Morgan fingerprint density at radius 1 is 1.44 bits per heavy atom. The van der Waals surface area contributed by atoms with Crippen LogP contribution in [0.2, 0.25) is 0 Å². The molecule has 0 saturated carbocycles. The molecule has 0 aromatic carbocycles. The van der Waals surface area contributed by atoms with E-state index in [1.54, 1.807) is 11.3 Å². The van der Waals surface area contributed by atoms with Gasteiger partial charge in [0.05, 0.1) is 16.7 Å². The van der Waals surface area contributed by atoms with Crippen LogP contribution >= 0.6 is 22.9 Å². The van der Waals surface area contributed by atoms with Crippen molar-refractivity contribution < 1.29 is 0 Å². The SMILES string of the molecule is CCNC(Cc1nc(C)cs1)c1csnn1. The summed E-state index contributed by atoms with van der Waals surface area (Å²) in [4.78, 5) is 4.48. The second kappa shape index (κ2) is 5.47. The van der Waals surface area contributed by atoms with Crippen molar-refractivity contribution in [2.75, 3.05) is 6.54 Å². The van der Waals surface area contributed by atoms with Gasteiger partial charge in [0, 0.05) is 22.9 Å². The molecule has 16 heavy (non-hydrogen) atoms. The Balaban J connectivity index is 2.09. The number of aromatic nitrogens is 3. The molecule has 2 heterocycles. The number of rotatable bonds is 5. The first kappa shape index (κ1) is 11.6. The van der Waals surface area contributed by atoms with Gasteiger partial charge in [0.25, 0.3) is 0 Å². The van der Waals surface area contributed by atoms with Crippen LogP contribution in [0.15, 0.2) is 10.8 Å². The number of thiazole rings is 1. The predicted molar refractivity (Wildman–Crippen MR) is 66.9 cm³/mol. The molecule has 1 unspecified atom stereocenters. The topological polar surface area (TPSA) is 50.7 Å². The highest BCUT2D eigenvalue weighted by molar-refractivity contribution is 7.09. The summed E-state index contributed by atoms with van der Waals surface area (Å²) < 4.78 is 3.91. The molecule has 4 nitrogen and oxygen atoms in total. The maximum absolute atomic E-state index is 4.48. The first-order chi connectivity index (χ1) is 7.79. The fourth-order valence-corrected chi connectivity index (χ4v) is 2.85. The molecular formula is C10H14N4S2. The van der Waals surface area contributed by atoms with Crippen LogP contribution < -0.4 is 5.32 Å². The highest BCUT2D eigenvalue weighted by atomic mass is 32.1. The molecule has 0 amide bonds. The van der Waals surface area contributed by atoms with Gasteiger partial charge in [0.15, 0.2) is 0 Å². The smallest absolute Gasteiger partial charge is 0.0947 e. The summed E-state index contributed by atoms with van der Waals surface area (Å²) in [6.07, 6.45) is 0.887. The molecule has 86 valence electrons. The van der Waals surface area contributed by atoms with Crippen LogP contribution in [-0.2, 0) is 6.42 Å². The third-order valence-electron chi connectivity index (χ3n) is 2.23. The average molecular weight is 254 g/mol. The quantitative estimate of drug-likeness (QED) is 0.888. The van der Waals surface area contributed by atoms with Crippen LogP contribution in [-0.4, -0.2) is 21.1 Å². The second-order valence-corrected chi connectivity index (χ2v) is 5.08. The molecular weight excluding hydrogens is 240 g/mol. The first-order valence-electron chi connectivity index (χ1n) is 5.21. The van der Waals surface area contributed by atoms with E-state index in [1.165, 1.54) is 11.5 Å². The van der Waals surface area contributed by atoms with E-state index in [0.29, 0.717) is 0 Å². The normalized spacial score (nSPS) is 12.9. The molecule has 1 N–H and O–H groups in total. The molecule has 2 aromatic rings. The van der Waals surface area contributed by atoms with Gasteiger partial charge in [0.2, 0.25) is 0 Å². The van der Waals surface area contributed by atoms with E-state index < -0.39 is 0 Å². The minimum atomic E-state index is 0.231. The van der Waals surface area contributed by atoms with Crippen molar-refractivity contribution in [1.82, 2.24) is 19.9 Å². The molecule has 0 aliphatic heterocycles. The summed E-state index contributed by atoms with van der Waals surface area (Å²) in [5, 5.41) is 12.8. The van der Waals surface area contributed by atoms with Gasteiger partial charge in [-0.25, -0.2) is 4.98 Å². The van der Waals surface area contributed by atoms with E-state index in [1.807, 2.05) is 12.3 Å². The highest BCUT2D eigenvalue weighted by Gasteiger charge is 2.15. The van der Waals surface area contributed by atoms with Gasteiger partial charge in [0.1, 0.15) is 0 Å². The van der Waals surface area contributed by atoms with Crippen LogP contribution in [0.4, 0.5) is 0 Å². The van der Waals surface area contributed by atoms with Gasteiger partial charge in [-0.15, -0.1) is 16.4 Å². The summed E-state index contributed by atoms with van der Waals surface area (Å²) in [6.45, 7) is 5.04. The van der Waals surface area contributed by atoms with Crippen LogP contribution in [0.3, 0.4) is 0 Å². The van der Waals surface area contributed by atoms with Crippen LogP contribution in [0.25, 0.3) is 0 Å². The lowest BCUT2D eigenvalue weighted by Crippen LogP contribution is -2.23. The average Bonchev–Trinajstić information content (AvgIpc) is 2.88. The maximum atomic E-state index is 4.48. The van der Waals surface area contributed by atoms with Gasteiger partial charge >= 0.3 is 0 Å². The molecule has 0 spiro atoms. The molecule has 0 aliphatic carbocycles. The zero-order chi connectivity index (χ0) is 11.4. The van der Waals surface area contributed by atoms with E-state index in [4.69, 9.17) is 0 Å². The van der Waals surface area contributed by atoms with Crippen molar-refractivity contribution in [3.8, 4) is 0 Å². The lowest BCUT2D eigenvalue weighted by atomic mass is 10.1. The molecule has 0 saturated heterocycles. The van der Waals surface area contributed by atoms with E-state index in [2.05, 4.69) is 32.2 Å². The van der Waals surface area contributed by atoms with Gasteiger partial charge in [-0.05, 0) is 25.0 Å². The lowest BCUT2D eigenvalue weighted by molar-refractivity contribution is 0.534.